The molecule has 0 spiro atoms. The van der Waals surface area contributed by atoms with Gasteiger partial charge in [-0.3, -0.25) is 4.79 Å². The molecule has 0 aliphatic carbocycles. The molecule has 1 aromatic heterocycles. The van der Waals surface area contributed by atoms with Gasteiger partial charge >= 0.3 is 0 Å². The smallest absolute Gasteiger partial charge is 0.254 e. The number of rotatable bonds is 5. The summed E-state index contributed by atoms with van der Waals surface area (Å²) in [5.74, 6) is 0.259. The number of benzene rings is 1. The minimum absolute atomic E-state index is 0.165. The van der Waals surface area contributed by atoms with Crippen molar-refractivity contribution in [3.63, 3.8) is 0 Å². The molecule has 0 aliphatic rings. The van der Waals surface area contributed by atoms with Gasteiger partial charge in [-0.05, 0) is 31.0 Å². The predicted molar refractivity (Wildman–Crippen MR) is 84.1 cm³/mol. The molecule has 0 atom stereocenters. The third-order valence-corrected chi connectivity index (χ3v) is 3.13. The van der Waals surface area contributed by atoms with Gasteiger partial charge < -0.3 is 10.6 Å². The van der Waals surface area contributed by atoms with Crippen LogP contribution in [-0.4, -0.2) is 22.4 Å². The molecule has 110 valence electrons. The fraction of sp³-hybridized carbons (Fsp3) is 0.267. The first kappa shape index (κ1) is 15.3. The summed E-state index contributed by atoms with van der Waals surface area (Å²) in [5, 5.41) is 6.50. The Morgan fingerprint density at radius 2 is 2.00 bits per heavy atom. The van der Waals surface area contributed by atoms with Crippen molar-refractivity contribution in [1.29, 1.82) is 0 Å². The third kappa shape index (κ3) is 4.16. The van der Waals surface area contributed by atoms with E-state index in [0.29, 0.717) is 23.1 Å². The van der Waals surface area contributed by atoms with Gasteiger partial charge in [-0.1, -0.05) is 24.6 Å². The number of amides is 1. The largest absolute Gasteiger partial charge is 0.352 e. The standard InChI is InChI=1S/C15H17ClN4O/c1-3-6-17-14(21)11-8-18-15(19-9-11)20-13-7-12(16)5-4-10(13)2/h4-5,7-9H,3,6H2,1-2H3,(H,17,21)(H,18,19,20). The first-order valence-corrected chi connectivity index (χ1v) is 7.11. The van der Waals surface area contributed by atoms with Crippen LogP contribution in [0.4, 0.5) is 11.6 Å². The molecule has 0 radical (unpaired) electrons. The molecule has 0 aliphatic heterocycles. The molecule has 0 saturated heterocycles. The van der Waals surface area contributed by atoms with Gasteiger partial charge in [0.15, 0.2) is 0 Å². The Morgan fingerprint density at radius 3 is 2.67 bits per heavy atom. The summed E-state index contributed by atoms with van der Waals surface area (Å²) >= 11 is 5.96. The summed E-state index contributed by atoms with van der Waals surface area (Å²) in [6.45, 7) is 4.60. The maximum atomic E-state index is 11.7. The van der Waals surface area contributed by atoms with E-state index >= 15 is 0 Å². The fourth-order valence-electron chi connectivity index (χ4n) is 1.70. The van der Waals surface area contributed by atoms with E-state index in [2.05, 4.69) is 20.6 Å². The average molecular weight is 305 g/mol. The highest BCUT2D eigenvalue weighted by atomic mass is 35.5. The number of hydrogen-bond acceptors (Lipinski definition) is 4. The topological polar surface area (TPSA) is 66.9 Å². The molecule has 5 nitrogen and oxygen atoms in total. The zero-order chi connectivity index (χ0) is 15.2. The molecule has 6 heteroatoms. The van der Waals surface area contributed by atoms with Gasteiger partial charge in [0.2, 0.25) is 5.95 Å². The van der Waals surface area contributed by atoms with Gasteiger partial charge in [-0.2, -0.15) is 0 Å². The van der Waals surface area contributed by atoms with Gasteiger partial charge in [-0.25, -0.2) is 9.97 Å². The zero-order valence-electron chi connectivity index (χ0n) is 12.0. The summed E-state index contributed by atoms with van der Waals surface area (Å²) in [6.07, 6.45) is 3.89. The van der Waals surface area contributed by atoms with Gasteiger partial charge in [0.1, 0.15) is 0 Å². The monoisotopic (exact) mass is 304 g/mol. The van der Waals surface area contributed by atoms with Crippen molar-refractivity contribution in [2.24, 2.45) is 0 Å². The number of aromatic nitrogens is 2. The lowest BCUT2D eigenvalue weighted by Crippen LogP contribution is -2.24. The molecular formula is C15H17ClN4O. The fourth-order valence-corrected chi connectivity index (χ4v) is 1.87. The second-order valence-corrected chi connectivity index (χ2v) is 5.07. The Kier molecular flexibility index (Phi) is 5.11. The van der Waals surface area contributed by atoms with E-state index < -0.39 is 0 Å². The van der Waals surface area contributed by atoms with Gasteiger partial charge in [0.05, 0.1) is 5.56 Å². The van der Waals surface area contributed by atoms with Crippen molar-refractivity contribution in [1.82, 2.24) is 15.3 Å². The van der Waals surface area contributed by atoms with Crippen LogP contribution in [0.2, 0.25) is 5.02 Å². The van der Waals surface area contributed by atoms with Crippen LogP contribution >= 0.6 is 11.6 Å². The van der Waals surface area contributed by atoms with Gasteiger partial charge in [-0.15, -0.1) is 0 Å². The van der Waals surface area contributed by atoms with Crippen LogP contribution in [0.3, 0.4) is 0 Å². The summed E-state index contributed by atoms with van der Waals surface area (Å²) in [5.41, 5.74) is 2.32. The number of hydrogen-bond donors (Lipinski definition) is 2. The number of halogens is 1. The minimum atomic E-state index is -0.165. The molecule has 21 heavy (non-hydrogen) atoms. The van der Waals surface area contributed by atoms with Crippen LogP contribution in [0.1, 0.15) is 29.3 Å². The van der Waals surface area contributed by atoms with Crippen LogP contribution in [0.15, 0.2) is 30.6 Å². The van der Waals surface area contributed by atoms with Crippen molar-refractivity contribution in [3.05, 3.63) is 46.7 Å². The Hall–Kier alpha value is -2.14. The highest BCUT2D eigenvalue weighted by Crippen LogP contribution is 2.22. The van der Waals surface area contributed by atoms with E-state index in [1.54, 1.807) is 0 Å². The highest BCUT2D eigenvalue weighted by Gasteiger charge is 2.07. The molecule has 0 saturated carbocycles. The molecule has 0 bridgehead atoms. The van der Waals surface area contributed by atoms with Crippen molar-refractivity contribution < 1.29 is 4.79 Å². The Labute approximate surface area is 128 Å². The molecule has 0 unspecified atom stereocenters. The van der Waals surface area contributed by atoms with Crippen LogP contribution in [-0.2, 0) is 0 Å². The maximum absolute atomic E-state index is 11.7. The molecule has 1 amide bonds. The lowest BCUT2D eigenvalue weighted by molar-refractivity contribution is 0.0953. The number of carbonyl (C=O) groups is 1. The average Bonchev–Trinajstić information content (AvgIpc) is 2.49. The number of nitrogens with one attached hydrogen (secondary N) is 2. The highest BCUT2D eigenvalue weighted by molar-refractivity contribution is 6.30. The lowest BCUT2D eigenvalue weighted by Gasteiger charge is -2.09. The first-order valence-electron chi connectivity index (χ1n) is 6.73. The maximum Gasteiger partial charge on any atom is 0.254 e. The Morgan fingerprint density at radius 1 is 1.29 bits per heavy atom. The second-order valence-electron chi connectivity index (χ2n) is 4.64. The molecular weight excluding hydrogens is 288 g/mol. The lowest BCUT2D eigenvalue weighted by atomic mass is 10.2. The number of nitrogens with zero attached hydrogens (tertiary/aromatic N) is 2. The summed E-state index contributed by atoms with van der Waals surface area (Å²) in [6, 6.07) is 5.55. The zero-order valence-corrected chi connectivity index (χ0v) is 12.7. The van der Waals surface area contributed by atoms with E-state index in [-0.39, 0.29) is 5.91 Å². The predicted octanol–water partition coefficient (Wildman–Crippen LogP) is 3.32. The van der Waals surface area contributed by atoms with Crippen LogP contribution < -0.4 is 10.6 Å². The second kappa shape index (κ2) is 7.04. The van der Waals surface area contributed by atoms with Crippen LogP contribution in [0.25, 0.3) is 0 Å². The molecule has 0 fully saturated rings. The number of carbonyl (C=O) groups excluding carboxylic acids is 1. The Balaban J connectivity index is 2.09. The van der Waals surface area contributed by atoms with E-state index in [4.69, 9.17) is 11.6 Å². The number of aryl methyl sites for hydroxylation is 1. The molecule has 2 N–H and O–H groups in total. The summed E-state index contributed by atoms with van der Waals surface area (Å²) in [4.78, 5) is 20.0. The quantitative estimate of drug-likeness (QED) is 0.889. The SMILES string of the molecule is CCCNC(=O)c1cnc(Nc2cc(Cl)ccc2C)nc1. The Bertz CT molecular complexity index is 628. The van der Waals surface area contributed by atoms with Crippen LogP contribution in [0.5, 0.6) is 0 Å². The van der Waals surface area contributed by atoms with E-state index in [9.17, 15) is 4.79 Å². The normalized spacial score (nSPS) is 10.2. The third-order valence-electron chi connectivity index (χ3n) is 2.90. The van der Waals surface area contributed by atoms with E-state index in [1.165, 1.54) is 12.4 Å². The van der Waals surface area contributed by atoms with Crippen molar-refractivity contribution >= 4 is 29.1 Å². The molecule has 2 aromatic rings. The minimum Gasteiger partial charge on any atom is -0.352 e. The molecule has 1 heterocycles. The van der Waals surface area contributed by atoms with Gasteiger partial charge in [0, 0.05) is 29.6 Å². The summed E-state index contributed by atoms with van der Waals surface area (Å²) in [7, 11) is 0. The van der Waals surface area contributed by atoms with Gasteiger partial charge in [0.25, 0.3) is 5.91 Å². The molecule has 1 aromatic carbocycles. The van der Waals surface area contributed by atoms with Crippen molar-refractivity contribution in [2.45, 2.75) is 20.3 Å². The van der Waals surface area contributed by atoms with Crippen LogP contribution in [0, 0.1) is 6.92 Å². The van der Waals surface area contributed by atoms with E-state index in [0.717, 1.165) is 17.7 Å². The van der Waals surface area contributed by atoms with Crippen molar-refractivity contribution in [3.8, 4) is 0 Å². The molecule has 2 rings (SSSR count). The van der Waals surface area contributed by atoms with Crippen molar-refractivity contribution in [2.75, 3.05) is 11.9 Å². The van der Waals surface area contributed by atoms with E-state index in [1.807, 2.05) is 32.0 Å². The number of anilines is 2. The first-order chi connectivity index (χ1) is 10.1. The summed E-state index contributed by atoms with van der Waals surface area (Å²) < 4.78 is 0.